The van der Waals surface area contributed by atoms with Crippen LogP contribution in [0.1, 0.15) is 97.0 Å². The van der Waals surface area contributed by atoms with Crippen molar-refractivity contribution in [1.29, 1.82) is 0 Å². The Bertz CT molecular complexity index is 1190. The van der Waals surface area contributed by atoms with E-state index in [2.05, 4.69) is 16.1 Å². The van der Waals surface area contributed by atoms with Gasteiger partial charge in [-0.25, -0.2) is 9.59 Å². The molecule has 1 aliphatic carbocycles. The minimum Gasteiger partial charge on any atom is -0.507 e. The normalized spacial score (nSPS) is 15.6. The summed E-state index contributed by atoms with van der Waals surface area (Å²) >= 11 is 1.66. The molecule has 7 nitrogen and oxygen atoms in total. The number of ether oxygens (including phenoxy) is 1. The van der Waals surface area contributed by atoms with Crippen molar-refractivity contribution in [2.75, 3.05) is 7.11 Å². The number of nitrogens with one attached hydrogen (secondary N) is 1. The number of hydrogen-bond donors (Lipinski definition) is 2. The van der Waals surface area contributed by atoms with Gasteiger partial charge in [-0.3, -0.25) is 10.1 Å². The van der Waals surface area contributed by atoms with E-state index < -0.39 is 17.5 Å². The molecule has 0 saturated heterocycles. The smallest absolute Gasteiger partial charge is 0.410 e. The summed E-state index contributed by atoms with van der Waals surface area (Å²) in [4.78, 5) is 38.9. The quantitative estimate of drug-likeness (QED) is 0.242. The number of allylic oxidation sites excluding steroid dienone is 2. The number of thiophene rings is 1. The Morgan fingerprint density at radius 3 is 2.73 bits per heavy atom. The van der Waals surface area contributed by atoms with Crippen LogP contribution in [-0.2, 0) is 11.2 Å². The highest BCUT2D eigenvalue weighted by atomic mass is 32.1. The van der Waals surface area contributed by atoms with Crippen molar-refractivity contribution < 1.29 is 23.8 Å². The first kappa shape index (κ1) is 28.4. The van der Waals surface area contributed by atoms with Gasteiger partial charge in [-0.05, 0) is 62.3 Å². The van der Waals surface area contributed by atoms with Crippen LogP contribution in [-0.4, -0.2) is 24.1 Å². The third kappa shape index (κ3) is 8.45. The molecule has 1 atom stereocenters. The topological polar surface area (TPSA) is 106 Å². The van der Waals surface area contributed by atoms with E-state index in [1.54, 1.807) is 30.4 Å². The van der Waals surface area contributed by atoms with Crippen LogP contribution in [0.2, 0.25) is 0 Å². The van der Waals surface area contributed by atoms with Gasteiger partial charge >= 0.3 is 11.7 Å². The second kappa shape index (κ2) is 14.0. The van der Waals surface area contributed by atoms with E-state index in [1.165, 1.54) is 62.8 Å². The number of hydrogen-bond acceptors (Lipinski definition) is 7. The highest BCUT2D eigenvalue weighted by molar-refractivity contribution is 7.12. The number of methoxy groups -OCH3 is 1. The Morgan fingerprint density at radius 1 is 1.27 bits per heavy atom. The molecule has 1 fully saturated rings. The maximum absolute atomic E-state index is 13.0. The monoisotopic (exact) mass is 527 g/mol. The summed E-state index contributed by atoms with van der Waals surface area (Å²) in [5.41, 5.74) is -0.824. The number of carbonyl (C=O) groups is 2. The average Bonchev–Trinajstić information content (AvgIpc) is 3.34. The predicted molar refractivity (Wildman–Crippen MR) is 146 cm³/mol. The van der Waals surface area contributed by atoms with Crippen LogP contribution in [0.25, 0.3) is 6.08 Å². The van der Waals surface area contributed by atoms with Gasteiger partial charge in [0.1, 0.15) is 17.1 Å². The highest BCUT2D eigenvalue weighted by Gasteiger charge is 2.22. The van der Waals surface area contributed by atoms with E-state index in [4.69, 9.17) is 4.42 Å². The zero-order chi connectivity index (χ0) is 26.8. The molecule has 1 aliphatic rings. The van der Waals surface area contributed by atoms with Crippen LogP contribution in [0.15, 0.2) is 45.3 Å². The van der Waals surface area contributed by atoms with Crippen LogP contribution in [0.4, 0.5) is 4.79 Å². The maximum Gasteiger partial charge on any atom is 0.410 e. The molecule has 2 aromatic heterocycles. The van der Waals surface area contributed by atoms with Crippen LogP contribution in [0.5, 0.6) is 5.75 Å². The molecule has 37 heavy (non-hydrogen) atoms. The SMILES string of the molecule is COC(=O)N/C=C/CCC(C)c1cc(O)c(C(=O)/C(C)=C/c2ccc(CCC3CCCCC3)s2)c(=O)o1. The van der Waals surface area contributed by atoms with Crippen molar-refractivity contribution in [2.24, 2.45) is 5.92 Å². The summed E-state index contributed by atoms with van der Waals surface area (Å²) in [7, 11) is 1.28. The van der Waals surface area contributed by atoms with Crippen LogP contribution in [0, 0.1) is 5.92 Å². The van der Waals surface area contributed by atoms with Crippen LogP contribution >= 0.6 is 11.3 Å². The number of carbonyl (C=O) groups excluding carboxylic acids is 2. The molecule has 0 aliphatic heterocycles. The molecule has 1 amide bonds. The van der Waals surface area contributed by atoms with Gasteiger partial charge in [0.25, 0.3) is 0 Å². The number of aryl methyl sites for hydroxylation is 1. The van der Waals surface area contributed by atoms with Gasteiger partial charge in [-0.1, -0.05) is 45.1 Å². The largest absolute Gasteiger partial charge is 0.507 e. The lowest BCUT2D eigenvalue weighted by Gasteiger charge is -2.20. The van der Waals surface area contributed by atoms with Crippen molar-refractivity contribution in [2.45, 2.75) is 77.6 Å². The summed E-state index contributed by atoms with van der Waals surface area (Å²) in [6.45, 7) is 3.50. The number of rotatable bonds is 11. The van der Waals surface area contributed by atoms with Crippen molar-refractivity contribution in [3.63, 3.8) is 0 Å². The Hall–Kier alpha value is -3.13. The van der Waals surface area contributed by atoms with E-state index in [0.29, 0.717) is 24.2 Å². The van der Waals surface area contributed by atoms with E-state index in [0.717, 1.165) is 17.2 Å². The van der Waals surface area contributed by atoms with Crippen molar-refractivity contribution in [3.8, 4) is 5.75 Å². The molecule has 1 unspecified atom stereocenters. The fourth-order valence-electron chi connectivity index (χ4n) is 4.61. The fourth-order valence-corrected chi connectivity index (χ4v) is 5.64. The van der Waals surface area contributed by atoms with E-state index in [9.17, 15) is 19.5 Å². The number of aromatic hydroxyl groups is 1. The minimum absolute atomic E-state index is 0.180. The third-order valence-electron chi connectivity index (χ3n) is 6.86. The molecule has 3 rings (SSSR count). The molecule has 1 saturated carbocycles. The molecule has 2 N–H and O–H groups in total. The first-order chi connectivity index (χ1) is 17.8. The van der Waals surface area contributed by atoms with Crippen molar-refractivity contribution >= 4 is 29.3 Å². The van der Waals surface area contributed by atoms with Gasteiger partial charge < -0.3 is 14.3 Å². The Labute approximate surface area is 222 Å². The second-order valence-corrected chi connectivity index (χ2v) is 10.9. The lowest BCUT2D eigenvalue weighted by molar-refractivity contribution is 0.102. The highest BCUT2D eigenvalue weighted by Crippen LogP contribution is 2.30. The molecule has 8 heteroatoms. The third-order valence-corrected chi connectivity index (χ3v) is 7.95. The van der Waals surface area contributed by atoms with Gasteiger partial charge in [-0.15, -0.1) is 11.3 Å². The molecular weight excluding hydrogens is 490 g/mol. The lowest BCUT2D eigenvalue weighted by atomic mass is 9.86. The number of amides is 1. The van der Waals surface area contributed by atoms with Crippen LogP contribution < -0.4 is 10.9 Å². The minimum atomic E-state index is -0.846. The molecule has 0 aromatic carbocycles. The second-order valence-electron chi connectivity index (χ2n) is 9.72. The molecular formula is C29H37NO6S. The number of Topliss-reactive ketones (excluding diaryl/α,β-unsaturated/α-hetero) is 1. The van der Waals surface area contributed by atoms with E-state index in [1.807, 2.05) is 13.0 Å². The average molecular weight is 528 g/mol. The Morgan fingerprint density at radius 2 is 2.03 bits per heavy atom. The molecule has 0 radical (unpaired) electrons. The maximum atomic E-state index is 13.0. The zero-order valence-electron chi connectivity index (χ0n) is 21.9. The molecule has 2 heterocycles. The van der Waals surface area contributed by atoms with Crippen molar-refractivity contribution in [1.82, 2.24) is 5.32 Å². The first-order valence-electron chi connectivity index (χ1n) is 13.0. The Kier molecular flexibility index (Phi) is 10.7. The summed E-state index contributed by atoms with van der Waals surface area (Å²) in [6.07, 6.45) is 14.6. The Balaban J connectivity index is 1.61. The number of ketones is 1. The summed E-state index contributed by atoms with van der Waals surface area (Å²) in [6, 6.07) is 5.46. The fraction of sp³-hybridized carbons (Fsp3) is 0.483. The van der Waals surface area contributed by atoms with Crippen molar-refractivity contribution in [3.05, 3.63) is 67.5 Å². The van der Waals surface area contributed by atoms with Gasteiger partial charge in [0, 0.05) is 27.9 Å². The first-order valence-corrected chi connectivity index (χ1v) is 13.8. The lowest BCUT2D eigenvalue weighted by Crippen LogP contribution is -2.16. The van der Waals surface area contributed by atoms with E-state index in [-0.39, 0.29) is 17.2 Å². The molecule has 200 valence electrons. The van der Waals surface area contributed by atoms with Gasteiger partial charge in [-0.2, -0.15) is 0 Å². The van der Waals surface area contributed by atoms with Gasteiger partial charge in [0.15, 0.2) is 5.78 Å². The number of alkyl carbamates (subject to hydrolysis) is 1. The van der Waals surface area contributed by atoms with Crippen LogP contribution in [0.3, 0.4) is 0 Å². The molecule has 2 aromatic rings. The van der Waals surface area contributed by atoms with E-state index >= 15 is 0 Å². The summed E-state index contributed by atoms with van der Waals surface area (Å²) < 4.78 is 9.88. The summed E-state index contributed by atoms with van der Waals surface area (Å²) in [5.74, 6) is 0.0276. The zero-order valence-corrected chi connectivity index (χ0v) is 22.7. The summed E-state index contributed by atoms with van der Waals surface area (Å²) in [5, 5.41) is 13.0. The standard InChI is InChI=1S/C29H37NO6S/c1-19(9-7-8-16-30-29(34)35-3)25-18-24(31)26(28(33)36-25)27(32)20(2)17-23-15-14-22(37-23)13-12-21-10-5-4-6-11-21/h8,14-19,21,31H,4-7,9-13H2,1-3H3,(H,30,34)/b16-8+,20-17+. The molecule has 0 bridgehead atoms. The van der Waals surface area contributed by atoms with Gasteiger partial charge in [0.2, 0.25) is 0 Å². The molecule has 0 spiro atoms. The van der Waals surface area contributed by atoms with Gasteiger partial charge in [0.05, 0.1) is 7.11 Å². The predicted octanol–water partition coefficient (Wildman–Crippen LogP) is 6.96.